The summed E-state index contributed by atoms with van der Waals surface area (Å²) in [5, 5.41) is 4.62. The third kappa shape index (κ3) is 2.47. The van der Waals surface area contributed by atoms with Gasteiger partial charge < -0.3 is 0 Å². The summed E-state index contributed by atoms with van der Waals surface area (Å²) in [6.45, 7) is 13.4. The third-order valence-corrected chi connectivity index (χ3v) is 3.55. The predicted octanol–water partition coefficient (Wildman–Crippen LogP) is 4.24. The Morgan fingerprint density at radius 1 is 1.38 bits per heavy atom. The second-order valence-corrected chi connectivity index (χ2v) is 5.37. The van der Waals surface area contributed by atoms with E-state index in [0.29, 0.717) is 6.04 Å². The first-order valence-corrected chi connectivity index (χ1v) is 6.51. The van der Waals surface area contributed by atoms with Crippen LogP contribution in [0.3, 0.4) is 0 Å². The molecular formula is C14H26N2. The molecular weight excluding hydrogens is 196 g/mol. The Balaban J connectivity index is 3.18. The molecule has 0 saturated carbocycles. The molecule has 1 aromatic rings. The number of nitrogens with zero attached hydrogens (tertiary/aromatic N) is 2. The Morgan fingerprint density at radius 3 is 2.44 bits per heavy atom. The highest BCUT2D eigenvalue weighted by Crippen LogP contribution is 2.34. The molecule has 2 heteroatoms. The lowest BCUT2D eigenvalue weighted by atomic mass is 9.79. The molecule has 0 spiro atoms. The SMILES string of the molecule is CCCC(C)(CC)c1cc(C)nn1C(C)C. The van der Waals surface area contributed by atoms with Crippen LogP contribution < -0.4 is 0 Å². The van der Waals surface area contributed by atoms with Crippen LogP contribution in [0.4, 0.5) is 0 Å². The molecule has 1 rings (SSSR count). The van der Waals surface area contributed by atoms with E-state index in [1.165, 1.54) is 25.0 Å². The molecule has 0 fully saturated rings. The molecule has 0 N–H and O–H groups in total. The average Bonchev–Trinajstić information content (AvgIpc) is 2.61. The van der Waals surface area contributed by atoms with E-state index in [0.717, 1.165) is 5.69 Å². The molecule has 0 aliphatic rings. The fraction of sp³-hybridized carbons (Fsp3) is 0.786. The van der Waals surface area contributed by atoms with E-state index in [4.69, 9.17) is 0 Å². The van der Waals surface area contributed by atoms with E-state index in [9.17, 15) is 0 Å². The van der Waals surface area contributed by atoms with Gasteiger partial charge in [0.1, 0.15) is 0 Å². The maximum Gasteiger partial charge on any atom is 0.0596 e. The first kappa shape index (κ1) is 13.3. The van der Waals surface area contributed by atoms with Crippen molar-refractivity contribution in [1.29, 1.82) is 0 Å². The summed E-state index contributed by atoms with van der Waals surface area (Å²) < 4.78 is 2.20. The van der Waals surface area contributed by atoms with Gasteiger partial charge in [0.2, 0.25) is 0 Å². The summed E-state index contributed by atoms with van der Waals surface area (Å²) in [6, 6.07) is 2.71. The highest BCUT2D eigenvalue weighted by atomic mass is 15.3. The van der Waals surface area contributed by atoms with Gasteiger partial charge in [0.05, 0.1) is 5.69 Å². The van der Waals surface area contributed by atoms with Crippen molar-refractivity contribution >= 4 is 0 Å². The standard InChI is InChI=1S/C14H26N2/c1-7-9-14(6,8-2)13-10-12(5)15-16(13)11(3)4/h10-11H,7-9H2,1-6H3. The molecule has 1 heterocycles. The minimum Gasteiger partial charge on any atom is -0.266 e. The van der Waals surface area contributed by atoms with Crippen LogP contribution in [-0.2, 0) is 5.41 Å². The Morgan fingerprint density at radius 2 is 2.00 bits per heavy atom. The lowest BCUT2D eigenvalue weighted by Gasteiger charge is -2.29. The summed E-state index contributed by atoms with van der Waals surface area (Å²) in [4.78, 5) is 0. The minimum absolute atomic E-state index is 0.278. The van der Waals surface area contributed by atoms with E-state index in [2.05, 4.69) is 57.4 Å². The highest BCUT2D eigenvalue weighted by molar-refractivity contribution is 5.19. The second kappa shape index (κ2) is 5.03. The average molecular weight is 222 g/mol. The number of hydrogen-bond donors (Lipinski definition) is 0. The van der Waals surface area contributed by atoms with Crippen molar-refractivity contribution in [1.82, 2.24) is 9.78 Å². The van der Waals surface area contributed by atoms with Gasteiger partial charge in [-0.2, -0.15) is 5.10 Å². The lowest BCUT2D eigenvalue weighted by Crippen LogP contribution is -2.25. The molecule has 0 aliphatic heterocycles. The van der Waals surface area contributed by atoms with Crippen LogP contribution in [0, 0.1) is 6.92 Å². The molecule has 0 amide bonds. The van der Waals surface area contributed by atoms with Crippen molar-refractivity contribution in [3.8, 4) is 0 Å². The van der Waals surface area contributed by atoms with Crippen LogP contribution in [0.5, 0.6) is 0 Å². The maximum atomic E-state index is 4.62. The van der Waals surface area contributed by atoms with Crippen LogP contribution in [0.2, 0.25) is 0 Å². The third-order valence-electron chi connectivity index (χ3n) is 3.55. The van der Waals surface area contributed by atoms with Crippen molar-refractivity contribution in [3.05, 3.63) is 17.5 Å². The van der Waals surface area contributed by atoms with Gasteiger partial charge >= 0.3 is 0 Å². The molecule has 1 atom stereocenters. The zero-order valence-electron chi connectivity index (χ0n) is 11.7. The summed E-state index contributed by atoms with van der Waals surface area (Å²) in [5.74, 6) is 0. The Kier molecular flexibility index (Phi) is 4.17. The largest absolute Gasteiger partial charge is 0.266 e. The molecule has 0 saturated heterocycles. The molecule has 0 aromatic carbocycles. The van der Waals surface area contributed by atoms with Gasteiger partial charge in [0.25, 0.3) is 0 Å². The van der Waals surface area contributed by atoms with Crippen molar-refractivity contribution in [2.24, 2.45) is 0 Å². The van der Waals surface area contributed by atoms with E-state index < -0.39 is 0 Å². The molecule has 0 aliphatic carbocycles. The zero-order valence-corrected chi connectivity index (χ0v) is 11.7. The maximum absolute atomic E-state index is 4.62. The Hall–Kier alpha value is -0.790. The monoisotopic (exact) mass is 222 g/mol. The first-order chi connectivity index (χ1) is 7.44. The van der Waals surface area contributed by atoms with Gasteiger partial charge in [-0.25, -0.2) is 0 Å². The van der Waals surface area contributed by atoms with Crippen LogP contribution in [0.25, 0.3) is 0 Å². The molecule has 92 valence electrons. The van der Waals surface area contributed by atoms with Crippen LogP contribution in [-0.4, -0.2) is 9.78 Å². The minimum atomic E-state index is 0.278. The molecule has 2 nitrogen and oxygen atoms in total. The van der Waals surface area contributed by atoms with Gasteiger partial charge in [0, 0.05) is 17.2 Å². The van der Waals surface area contributed by atoms with E-state index in [-0.39, 0.29) is 5.41 Å². The van der Waals surface area contributed by atoms with Crippen LogP contribution in [0.1, 0.15) is 71.3 Å². The van der Waals surface area contributed by atoms with Crippen LogP contribution in [0.15, 0.2) is 6.07 Å². The predicted molar refractivity (Wildman–Crippen MR) is 69.9 cm³/mol. The van der Waals surface area contributed by atoms with Gasteiger partial charge in [-0.05, 0) is 39.7 Å². The fourth-order valence-corrected chi connectivity index (χ4v) is 2.40. The summed E-state index contributed by atoms with van der Waals surface area (Å²) in [6.07, 6.45) is 3.65. The molecule has 1 unspecified atom stereocenters. The van der Waals surface area contributed by atoms with E-state index in [1.54, 1.807) is 0 Å². The summed E-state index contributed by atoms with van der Waals surface area (Å²) in [5.41, 5.74) is 2.82. The smallest absolute Gasteiger partial charge is 0.0596 e. The first-order valence-electron chi connectivity index (χ1n) is 6.51. The van der Waals surface area contributed by atoms with E-state index in [1.807, 2.05) is 0 Å². The molecule has 1 aromatic heterocycles. The Bertz CT molecular complexity index is 339. The van der Waals surface area contributed by atoms with Gasteiger partial charge in [-0.3, -0.25) is 4.68 Å². The topological polar surface area (TPSA) is 17.8 Å². The zero-order chi connectivity index (χ0) is 12.3. The van der Waals surface area contributed by atoms with Gasteiger partial charge in [-0.15, -0.1) is 0 Å². The highest BCUT2D eigenvalue weighted by Gasteiger charge is 2.28. The van der Waals surface area contributed by atoms with Crippen molar-refractivity contribution in [2.45, 2.75) is 72.3 Å². The van der Waals surface area contributed by atoms with E-state index >= 15 is 0 Å². The number of aryl methyl sites for hydroxylation is 1. The summed E-state index contributed by atoms with van der Waals surface area (Å²) >= 11 is 0. The Labute approximate surface area is 100 Å². The number of aromatic nitrogens is 2. The van der Waals surface area contributed by atoms with Crippen molar-refractivity contribution < 1.29 is 0 Å². The van der Waals surface area contributed by atoms with Crippen molar-refractivity contribution in [3.63, 3.8) is 0 Å². The lowest BCUT2D eigenvalue weighted by molar-refractivity contribution is 0.360. The quantitative estimate of drug-likeness (QED) is 0.728. The number of hydrogen-bond acceptors (Lipinski definition) is 1. The molecule has 16 heavy (non-hydrogen) atoms. The molecule has 0 radical (unpaired) electrons. The van der Waals surface area contributed by atoms with Gasteiger partial charge in [0.15, 0.2) is 0 Å². The van der Waals surface area contributed by atoms with Crippen LogP contribution >= 0.6 is 0 Å². The summed E-state index contributed by atoms with van der Waals surface area (Å²) in [7, 11) is 0. The van der Waals surface area contributed by atoms with Gasteiger partial charge in [-0.1, -0.05) is 27.2 Å². The number of rotatable bonds is 5. The fourth-order valence-electron chi connectivity index (χ4n) is 2.40. The van der Waals surface area contributed by atoms with Crippen molar-refractivity contribution in [2.75, 3.05) is 0 Å². The second-order valence-electron chi connectivity index (χ2n) is 5.37. The molecule has 0 bridgehead atoms. The normalized spacial score (nSPS) is 15.4.